The third-order valence-electron chi connectivity index (χ3n) is 4.84. The second kappa shape index (κ2) is 8.31. The highest BCUT2D eigenvalue weighted by atomic mass is 19.1. The van der Waals surface area contributed by atoms with Gasteiger partial charge in [0.05, 0.1) is 6.54 Å². The molecule has 2 aromatic carbocycles. The van der Waals surface area contributed by atoms with E-state index in [1.165, 1.54) is 18.2 Å². The lowest BCUT2D eigenvalue weighted by Crippen LogP contribution is -2.50. The van der Waals surface area contributed by atoms with Crippen LogP contribution in [-0.4, -0.2) is 54.3 Å². The van der Waals surface area contributed by atoms with Gasteiger partial charge in [0, 0.05) is 37.4 Å². The third-order valence-corrected chi connectivity index (χ3v) is 4.84. The summed E-state index contributed by atoms with van der Waals surface area (Å²) in [6, 6.07) is 11.6. The highest BCUT2D eigenvalue weighted by Crippen LogP contribution is 2.19. The molecule has 1 heterocycles. The van der Waals surface area contributed by atoms with E-state index >= 15 is 0 Å². The minimum absolute atomic E-state index is 0.0580. The monoisotopic (exact) mass is 369 g/mol. The number of hydrogen-bond acceptors (Lipinski definition) is 3. The van der Waals surface area contributed by atoms with Gasteiger partial charge in [0.1, 0.15) is 5.82 Å². The van der Waals surface area contributed by atoms with E-state index < -0.39 is 5.82 Å². The van der Waals surface area contributed by atoms with Gasteiger partial charge in [-0.1, -0.05) is 24.3 Å². The molecule has 2 amide bonds. The summed E-state index contributed by atoms with van der Waals surface area (Å²) in [5, 5.41) is 2.99. The maximum Gasteiger partial charge on any atom is 0.254 e. The zero-order valence-corrected chi connectivity index (χ0v) is 15.7. The zero-order chi connectivity index (χ0) is 19.4. The standard InChI is InChI=1S/C21H24FN3O2/c1-15-5-3-6-16(2)20(15)23-19(26)14-24-9-11-25(12-10-24)21(27)17-7-4-8-18(22)13-17/h3-8,13H,9-12,14H2,1-2H3,(H,23,26). The fraction of sp³-hybridized carbons (Fsp3) is 0.333. The molecule has 0 atom stereocenters. The van der Waals surface area contributed by atoms with E-state index in [2.05, 4.69) is 5.32 Å². The molecule has 3 rings (SSSR count). The summed E-state index contributed by atoms with van der Waals surface area (Å²) < 4.78 is 13.3. The van der Waals surface area contributed by atoms with Crippen LogP contribution in [-0.2, 0) is 4.79 Å². The zero-order valence-electron chi connectivity index (χ0n) is 15.7. The Morgan fingerprint density at radius 3 is 2.26 bits per heavy atom. The lowest BCUT2D eigenvalue weighted by atomic mass is 10.1. The Labute approximate surface area is 158 Å². The van der Waals surface area contributed by atoms with Gasteiger partial charge < -0.3 is 10.2 Å². The number of piperazine rings is 1. The first-order chi connectivity index (χ1) is 12.9. The number of carbonyl (C=O) groups is 2. The van der Waals surface area contributed by atoms with Gasteiger partial charge in [-0.15, -0.1) is 0 Å². The predicted molar refractivity (Wildman–Crippen MR) is 103 cm³/mol. The summed E-state index contributed by atoms with van der Waals surface area (Å²) in [5.41, 5.74) is 3.29. The lowest BCUT2D eigenvalue weighted by Gasteiger charge is -2.34. The molecule has 27 heavy (non-hydrogen) atoms. The first-order valence-electron chi connectivity index (χ1n) is 9.07. The van der Waals surface area contributed by atoms with Crippen LogP contribution in [0.5, 0.6) is 0 Å². The predicted octanol–water partition coefficient (Wildman–Crippen LogP) is 2.84. The van der Waals surface area contributed by atoms with Crippen LogP contribution >= 0.6 is 0 Å². The van der Waals surface area contributed by atoms with Gasteiger partial charge in [0.15, 0.2) is 0 Å². The van der Waals surface area contributed by atoms with Crippen molar-refractivity contribution in [3.63, 3.8) is 0 Å². The molecular formula is C21H24FN3O2. The van der Waals surface area contributed by atoms with Crippen molar-refractivity contribution < 1.29 is 14.0 Å². The maximum atomic E-state index is 13.3. The van der Waals surface area contributed by atoms with Crippen molar-refractivity contribution in [1.82, 2.24) is 9.80 Å². The van der Waals surface area contributed by atoms with Gasteiger partial charge in [-0.25, -0.2) is 4.39 Å². The van der Waals surface area contributed by atoms with E-state index in [0.717, 1.165) is 16.8 Å². The van der Waals surface area contributed by atoms with Gasteiger partial charge in [-0.05, 0) is 43.2 Å². The van der Waals surface area contributed by atoms with Crippen LogP contribution in [0.15, 0.2) is 42.5 Å². The average Bonchev–Trinajstić information content (AvgIpc) is 2.65. The van der Waals surface area contributed by atoms with Crippen LogP contribution in [0.25, 0.3) is 0 Å². The molecule has 1 N–H and O–H groups in total. The summed E-state index contributed by atoms with van der Waals surface area (Å²) in [4.78, 5) is 28.6. The molecule has 5 nitrogen and oxygen atoms in total. The number of anilines is 1. The van der Waals surface area contributed by atoms with E-state index in [-0.39, 0.29) is 18.4 Å². The van der Waals surface area contributed by atoms with E-state index in [0.29, 0.717) is 31.7 Å². The Morgan fingerprint density at radius 1 is 1.00 bits per heavy atom. The van der Waals surface area contributed by atoms with Gasteiger partial charge in [-0.3, -0.25) is 14.5 Å². The number of benzene rings is 2. The smallest absolute Gasteiger partial charge is 0.254 e. The summed E-state index contributed by atoms with van der Waals surface area (Å²) in [6.45, 7) is 6.50. The van der Waals surface area contributed by atoms with Crippen molar-refractivity contribution in [3.8, 4) is 0 Å². The molecule has 0 bridgehead atoms. The molecule has 0 aliphatic carbocycles. The molecule has 0 unspecified atom stereocenters. The van der Waals surface area contributed by atoms with Crippen LogP contribution in [0.2, 0.25) is 0 Å². The van der Waals surface area contributed by atoms with Crippen molar-refractivity contribution in [3.05, 3.63) is 65.0 Å². The fourth-order valence-electron chi connectivity index (χ4n) is 3.31. The average molecular weight is 369 g/mol. The summed E-state index contributed by atoms with van der Waals surface area (Å²) in [7, 11) is 0. The van der Waals surface area contributed by atoms with Crippen LogP contribution < -0.4 is 5.32 Å². The van der Waals surface area contributed by atoms with E-state index in [1.807, 2.05) is 36.9 Å². The Kier molecular flexibility index (Phi) is 5.86. The number of para-hydroxylation sites is 1. The van der Waals surface area contributed by atoms with Crippen molar-refractivity contribution in [1.29, 1.82) is 0 Å². The molecule has 0 saturated carbocycles. The maximum absolute atomic E-state index is 13.3. The molecule has 1 aliphatic heterocycles. The van der Waals surface area contributed by atoms with Gasteiger partial charge in [-0.2, -0.15) is 0 Å². The number of carbonyl (C=O) groups excluding carboxylic acids is 2. The van der Waals surface area contributed by atoms with Gasteiger partial charge in [0.25, 0.3) is 5.91 Å². The minimum atomic E-state index is -0.414. The molecule has 142 valence electrons. The largest absolute Gasteiger partial charge is 0.336 e. The lowest BCUT2D eigenvalue weighted by molar-refractivity contribution is -0.117. The molecular weight excluding hydrogens is 345 g/mol. The normalized spacial score (nSPS) is 14.9. The van der Waals surface area contributed by atoms with Gasteiger partial charge in [0.2, 0.25) is 5.91 Å². The highest BCUT2D eigenvalue weighted by Gasteiger charge is 2.23. The quantitative estimate of drug-likeness (QED) is 0.902. The number of nitrogens with zero attached hydrogens (tertiary/aromatic N) is 2. The van der Waals surface area contributed by atoms with Crippen molar-refractivity contribution in [2.45, 2.75) is 13.8 Å². The summed E-state index contributed by atoms with van der Waals surface area (Å²) in [6.07, 6.45) is 0. The van der Waals surface area contributed by atoms with Crippen molar-refractivity contribution in [2.75, 3.05) is 38.0 Å². The molecule has 1 fully saturated rings. The number of amides is 2. The first-order valence-corrected chi connectivity index (χ1v) is 9.07. The molecule has 0 aromatic heterocycles. The topological polar surface area (TPSA) is 52.7 Å². The Morgan fingerprint density at radius 2 is 1.63 bits per heavy atom. The van der Waals surface area contributed by atoms with Crippen LogP contribution in [0, 0.1) is 19.7 Å². The van der Waals surface area contributed by atoms with E-state index in [1.54, 1.807) is 11.0 Å². The number of hydrogen-bond donors (Lipinski definition) is 1. The summed E-state index contributed by atoms with van der Waals surface area (Å²) >= 11 is 0. The molecule has 1 aliphatic rings. The highest BCUT2D eigenvalue weighted by molar-refractivity contribution is 5.95. The Balaban J connectivity index is 1.52. The fourth-order valence-corrected chi connectivity index (χ4v) is 3.31. The Hall–Kier alpha value is -2.73. The second-order valence-corrected chi connectivity index (χ2v) is 6.89. The minimum Gasteiger partial charge on any atom is -0.336 e. The SMILES string of the molecule is Cc1cccc(C)c1NC(=O)CN1CCN(C(=O)c2cccc(F)c2)CC1. The molecule has 6 heteroatoms. The number of halogens is 1. The summed E-state index contributed by atoms with van der Waals surface area (Å²) in [5.74, 6) is -0.644. The molecule has 2 aromatic rings. The van der Waals surface area contributed by atoms with E-state index in [9.17, 15) is 14.0 Å². The van der Waals surface area contributed by atoms with E-state index in [4.69, 9.17) is 0 Å². The van der Waals surface area contributed by atoms with Crippen LogP contribution in [0.4, 0.5) is 10.1 Å². The Bertz CT molecular complexity index is 825. The van der Waals surface area contributed by atoms with Crippen molar-refractivity contribution in [2.24, 2.45) is 0 Å². The number of rotatable bonds is 4. The van der Waals surface area contributed by atoms with Crippen molar-refractivity contribution >= 4 is 17.5 Å². The second-order valence-electron chi connectivity index (χ2n) is 6.89. The third kappa shape index (κ3) is 4.71. The first kappa shape index (κ1) is 19.0. The number of aryl methyl sites for hydroxylation is 2. The molecule has 0 spiro atoms. The molecule has 0 radical (unpaired) electrons. The van der Waals surface area contributed by atoms with Crippen LogP contribution in [0.1, 0.15) is 21.5 Å². The molecule has 1 saturated heterocycles. The van der Waals surface area contributed by atoms with Crippen LogP contribution in [0.3, 0.4) is 0 Å². The van der Waals surface area contributed by atoms with Gasteiger partial charge >= 0.3 is 0 Å². The number of nitrogens with one attached hydrogen (secondary N) is 1.